The summed E-state index contributed by atoms with van der Waals surface area (Å²) in [6.07, 6.45) is 5.34. The van der Waals surface area contributed by atoms with Gasteiger partial charge in [-0.15, -0.1) is 0 Å². The van der Waals surface area contributed by atoms with Gasteiger partial charge >= 0.3 is 6.03 Å². The molecule has 2 aliphatic carbocycles. The minimum Gasteiger partial charge on any atom is -0.324 e. The van der Waals surface area contributed by atoms with Crippen molar-refractivity contribution in [1.82, 2.24) is 20.7 Å². The van der Waals surface area contributed by atoms with Crippen LogP contribution in [-0.4, -0.2) is 54.0 Å². The van der Waals surface area contributed by atoms with Crippen LogP contribution in [0.1, 0.15) is 32.6 Å². The number of rotatable bonds is 2. The highest BCUT2D eigenvalue weighted by atomic mass is 16.2. The molecule has 6 heteroatoms. The lowest BCUT2D eigenvalue weighted by molar-refractivity contribution is -0.0642. The Morgan fingerprint density at radius 2 is 1.95 bits per heavy atom. The Hall–Kier alpha value is -1.30. The summed E-state index contributed by atoms with van der Waals surface area (Å²) >= 11 is 0. The molecule has 0 radical (unpaired) electrons. The second kappa shape index (κ2) is 4.37. The average molecular weight is 303 g/mol. The van der Waals surface area contributed by atoms with Gasteiger partial charge in [-0.2, -0.15) is 0 Å². The van der Waals surface area contributed by atoms with Crippen molar-refractivity contribution < 1.29 is 4.79 Å². The van der Waals surface area contributed by atoms with E-state index in [-0.39, 0.29) is 6.03 Å². The SMILES string of the molecule is CC1CN(C(=O)N2CC3(CC(C4=NC(C5CC5)NN4)C3)C2)C1. The first-order valence-corrected chi connectivity index (χ1v) is 8.75. The number of amides is 2. The number of carbonyl (C=O) groups excluding carboxylic acids is 1. The molecule has 2 N–H and O–H groups in total. The second-order valence-electron chi connectivity index (χ2n) is 8.32. The Morgan fingerprint density at radius 3 is 2.59 bits per heavy atom. The predicted molar refractivity (Wildman–Crippen MR) is 83.1 cm³/mol. The molecule has 0 aromatic heterocycles. The number of urea groups is 1. The van der Waals surface area contributed by atoms with Crippen LogP contribution in [-0.2, 0) is 0 Å². The fourth-order valence-corrected chi connectivity index (χ4v) is 4.60. The van der Waals surface area contributed by atoms with Crippen LogP contribution in [0.4, 0.5) is 4.79 Å². The van der Waals surface area contributed by atoms with Crippen LogP contribution in [0.5, 0.6) is 0 Å². The summed E-state index contributed by atoms with van der Waals surface area (Å²) in [7, 11) is 0. The van der Waals surface area contributed by atoms with E-state index in [0.29, 0.717) is 23.4 Å². The second-order valence-corrected chi connectivity index (χ2v) is 8.32. The maximum Gasteiger partial charge on any atom is 0.320 e. The largest absolute Gasteiger partial charge is 0.324 e. The van der Waals surface area contributed by atoms with Gasteiger partial charge in [-0.05, 0) is 37.5 Å². The summed E-state index contributed by atoms with van der Waals surface area (Å²) < 4.78 is 0. The standard InChI is InChI=1S/C16H25N5O/c1-10-6-20(7-10)15(22)21-8-16(9-21)4-12(5-16)14-17-13(18-19-14)11-2-3-11/h10-13,18H,2-9H2,1H3,(H,17,19). The van der Waals surface area contributed by atoms with Crippen molar-refractivity contribution >= 4 is 11.9 Å². The zero-order valence-corrected chi connectivity index (χ0v) is 13.2. The van der Waals surface area contributed by atoms with Gasteiger partial charge in [0.05, 0.1) is 0 Å². The van der Waals surface area contributed by atoms with Gasteiger partial charge in [0.1, 0.15) is 12.0 Å². The zero-order chi connectivity index (χ0) is 14.9. The monoisotopic (exact) mass is 303 g/mol. The number of aliphatic imine (C=N–C) groups is 1. The van der Waals surface area contributed by atoms with Crippen molar-refractivity contribution in [3.63, 3.8) is 0 Å². The van der Waals surface area contributed by atoms with Gasteiger partial charge in [-0.3, -0.25) is 4.99 Å². The van der Waals surface area contributed by atoms with Crippen molar-refractivity contribution in [2.24, 2.45) is 28.2 Å². The summed E-state index contributed by atoms with van der Waals surface area (Å²) in [4.78, 5) is 21.1. The van der Waals surface area contributed by atoms with Crippen LogP contribution in [0, 0.1) is 23.2 Å². The Balaban J connectivity index is 1.12. The third-order valence-electron chi connectivity index (χ3n) is 6.10. The quantitative estimate of drug-likeness (QED) is 0.800. The molecular weight excluding hydrogens is 278 g/mol. The molecule has 1 unspecified atom stereocenters. The Morgan fingerprint density at radius 1 is 1.23 bits per heavy atom. The third-order valence-corrected chi connectivity index (χ3v) is 6.10. The number of hydrazine groups is 1. The molecule has 2 saturated heterocycles. The van der Waals surface area contributed by atoms with E-state index in [0.717, 1.165) is 32.1 Å². The number of likely N-dealkylation sites (tertiary alicyclic amines) is 2. The predicted octanol–water partition coefficient (Wildman–Crippen LogP) is 1.01. The molecule has 3 aliphatic heterocycles. The van der Waals surface area contributed by atoms with Crippen molar-refractivity contribution in [3.8, 4) is 0 Å². The van der Waals surface area contributed by atoms with Crippen LogP contribution in [0.15, 0.2) is 4.99 Å². The Bertz CT molecular complexity index is 523. The van der Waals surface area contributed by atoms with Gasteiger partial charge < -0.3 is 15.2 Å². The average Bonchev–Trinajstić information content (AvgIpc) is 3.11. The van der Waals surface area contributed by atoms with E-state index in [1.54, 1.807) is 0 Å². The van der Waals surface area contributed by atoms with Crippen LogP contribution in [0.25, 0.3) is 0 Å². The lowest BCUT2D eigenvalue weighted by Gasteiger charge is -2.60. The molecule has 6 nitrogen and oxygen atoms in total. The first-order chi connectivity index (χ1) is 10.6. The normalized spacial score (nSPS) is 33.9. The fraction of sp³-hybridized carbons (Fsp3) is 0.875. The van der Waals surface area contributed by atoms with E-state index < -0.39 is 0 Å². The molecule has 4 fully saturated rings. The van der Waals surface area contributed by atoms with E-state index >= 15 is 0 Å². The van der Waals surface area contributed by atoms with Gasteiger partial charge in [0.15, 0.2) is 0 Å². The molecule has 1 atom stereocenters. The number of carbonyl (C=O) groups is 1. The van der Waals surface area contributed by atoms with Gasteiger partial charge in [-0.1, -0.05) is 6.92 Å². The Labute approximate surface area is 131 Å². The number of hydrogen-bond acceptors (Lipinski definition) is 4. The first-order valence-electron chi connectivity index (χ1n) is 8.75. The molecule has 0 aromatic carbocycles. The van der Waals surface area contributed by atoms with Gasteiger partial charge in [0.25, 0.3) is 0 Å². The minimum atomic E-state index is 0.263. The minimum absolute atomic E-state index is 0.263. The van der Waals surface area contributed by atoms with Crippen LogP contribution < -0.4 is 10.9 Å². The van der Waals surface area contributed by atoms with Gasteiger partial charge in [0.2, 0.25) is 0 Å². The maximum atomic E-state index is 12.2. The molecule has 5 rings (SSSR count). The first kappa shape index (κ1) is 13.2. The zero-order valence-electron chi connectivity index (χ0n) is 13.2. The highest BCUT2D eigenvalue weighted by Crippen LogP contribution is 2.52. The molecule has 2 amide bonds. The summed E-state index contributed by atoms with van der Waals surface area (Å²) in [6.45, 7) is 6.01. The number of hydrogen-bond donors (Lipinski definition) is 2. The lowest BCUT2D eigenvalue weighted by atomic mass is 9.57. The molecule has 0 bridgehead atoms. The molecule has 5 aliphatic rings. The van der Waals surface area contributed by atoms with Crippen molar-refractivity contribution in [3.05, 3.63) is 0 Å². The maximum absolute atomic E-state index is 12.2. The highest BCUT2D eigenvalue weighted by molar-refractivity contribution is 5.87. The summed E-state index contributed by atoms with van der Waals surface area (Å²) in [6, 6.07) is 0.263. The molecule has 0 aromatic rings. The molecule has 1 spiro atoms. The summed E-state index contributed by atoms with van der Waals surface area (Å²) in [5, 5.41) is 0. The Kier molecular flexibility index (Phi) is 2.62. The summed E-state index contributed by atoms with van der Waals surface area (Å²) in [5.41, 5.74) is 7.02. The van der Waals surface area contributed by atoms with Crippen molar-refractivity contribution in [2.45, 2.75) is 38.8 Å². The van der Waals surface area contributed by atoms with Crippen LogP contribution in [0.2, 0.25) is 0 Å². The van der Waals surface area contributed by atoms with Crippen LogP contribution >= 0.6 is 0 Å². The van der Waals surface area contributed by atoms with Gasteiger partial charge in [0, 0.05) is 37.5 Å². The topological polar surface area (TPSA) is 60.0 Å². The molecular formula is C16H25N5O. The molecule has 22 heavy (non-hydrogen) atoms. The molecule has 3 heterocycles. The van der Waals surface area contributed by atoms with Crippen LogP contribution in [0.3, 0.4) is 0 Å². The van der Waals surface area contributed by atoms with Crippen molar-refractivity contribution in [2.75, 3.05) is 26.2 Å². The highest BCUT2D eigenvalue weighted by Gasteiger charge is 2.56. The lowest BCUT2D eigenvalue weighted by Crippen LogP contribution is -2.68. The third kappa shape index (κ3) is 1.96. The van der Waals surface area contributed by atoms with E-state index in [2.05, 4.69) is 17.8 Å². The fourth-order valence-electron chi connectivity index (χ4n) is 4.60. The smallest absolute Gasteiger partial charge is 0.320 e. The number of nitrogens with zero attached hydrogens (tertiary/aromatic N) is 3. The molecule has 120 valence electrons. The van der Waals surface area contributed by atoms with Gasteiger partial charge in [-0.25, -0.2) is 10.2 Å². The number of nitrogens with one attached hydrogen (secondary N) is 2. The summed E-state index contributed by atoms with van der Waals surface area (Å²) in [5.74, 6) is 3.20. The van der Waals surface area contributed by atoms with E-state index in [1.807, 2.05) is 9.80 Å². The molecule has 2 saturated carbocycles. The number of amidine groups is 1. The van der Waals surface area contributed by atoms with Crippen molar-refractivity contribution in [1.29, 1.82) is 0 Å². The van der Waals surface area contributed by atoms with E-state index in [4.69, 9.17) is 4.99 Å². The van der Waals surface area contributed by atoms with E-state index in [9.17, 15) is 4.79 Å². The van der Waals surface area contributed by atoms with E-state index in [1.165, 1.54) is 31.5 Å².